The van der Waals surface area contributed by atoms with Gasteiger partial charge in [-0.2, -0.15) is 0 Å². The van der Waals surface area contributed by atoms with Crippen LogP contribution in [0.3, 0.4) is 0 Å². The summed E-state index contributed by atoms with van der Waals surface area (Å²) in [5, 5.41) is 23.2. The highest BCUT2D eigenvalue weighted by Gasteiger charge is 2.44. The molecule has 1 aliphatic rings. The molecular weight excluding hydrogens is 368 g/mol. The van der Waals surface area contributed by atoms with E-state index in [-0.39, 0.29) is 17.0 Å². The maximum atomic E-state index is 13.1. The third kappa shape index (κ3) is 3.32. The molecule has 0 aliphatic carbocycles. The minimum atomic E-state index is -0.808. The van der Waals surface area contributed by atoms with Crippen LogP contribution in [0.5, 0.6) is 5.75 Å². The quantitative estimate of drug-likeness (QED) is 0.593. The maximum absolute atomic E-state index is 13.1. The van der Waals surface area contributed by atoms with Gasteiger partial charge in [0.15, 0.2) is 5.76 Å². The Hall–Kier alpha value is -4.06. The Morgan fingerprint density at radius 1 is 0.828 bits per heavy atom. The monoisotopic (exact) mass is 386 g/mol. The molecule has 4 rings (SSSR count). The highest BCUT2D eigenvalue weighted by Crippen LogP contribution is 2.41. The normalized spacial score (nSPS) is 16.2. The van der Waals surface area contributed by atoms with Gasteiger partial charge in [-0.25, -0.2) is 0 Å². The van der Waals surface area contributed by atoms with Crippen LogP contribution in [0.2, 0.25) is 0 Å². The molecule has 1 atom stereocenters. The lowest BCUT2D eigenvalue weighted by Crippen LogP contribution is -2.31. The number of amides is 2. The van der Waals surface area contributed by atoms with Crippen molar-refractivity contribution < 1.29 is 19.8 Å². The van der Waals surface area contributed by atoms with E-state index in [0.717, 1.165) is 0 Å². The molecule has 6 heteroatoms. The van der Waals surface area contributed by atoms with Gasteiger partial charge in [-0.3, -0.25) is 14.5 Å². The lowest BCUT2D eigenvalue weighted by atomic mass is 9.98. The zero-order chi connectivity index (χ0) is 20.4. The van der Waals surface area contributed by atoms with Crippen LogP contribution in [0.25, 0.3) is 0 Å². The van der Waals surface area contributed by atoms with Gasteiger partial charge in [-0.15, -0.1) is 0 Å². The van der Waals surface area contributed by atoms with E-state index in [0.29, 0.717) is 11.3 Å². The number of carbonyl (C=O) groups is 2. The van der Waals surface area contributed by atoms with Crippen LogP contribution in [0.1, 0.15) is 11.6 Å². The van der Waals surface area contributed by atoms with Crippen molar-refractivity contribution in [3.8, 4) is 5.75 Å². The van der Waals surface area contributed by atoms with Crippen LogP contribution in [-0.4, -0.2) is 22.0 Å². The van der Waals surface area contributed by atoms with E-state index in [1.54, 1.807) is 60.7 Å². The topological polar surface area (TPSA) is 89.9 Å². The number of hydrogen-bond acceptors (Lipinski definition) is 4. The van der Waals surface area contributed by atoms with Crippen LogP contribution in [-0.2, 0) is 9.59 Å². The number of carbonyl (C=O) groups excluding carboxylic acids is 2. The molecule has 2 amide bonds. The fourth-order valence-electron chi connectivity index (χ4n) is 3.41. The summed E-state index contributed by atoms with van der Waals surface area (Å²) >= 11 is 0. The summed E-state index contributed by atoms with van der Waals surface area (Å²) in [6, 6.07) is 23.3. The third-order valence-electron chi connectivity index (χ3n) is 4.75. The molecule has 3 aromatic rings. The van der Waals surface area contributed by atoms with E-state index in [1.165, 1.54) is 17.0 Å². The maximum Gasteiger partial charge on any atom is 0.294 e. The van der Waals surface area contributed by atoms with Gasteiger partial charge in [0.1, 0.15) is 5.75 Å². The predicted molar refractivity (Wildman–Crippen MR) is 110 cm³/mol. The average molecular weight is 386 g/mol. The number of phenolic OH excluding ortho intramolecular Hbond substituents is 1. The number of para-hydroxylation sites is 3. The first-order valence-electron chi connectivity index (χ1n) is 9.04. The molecule has 0 bridgehead atoms. The summed E-state index contributed by atoms with van der Waals surface area (Å²) in [5.41, 5.74) is 1.35. The molecule has 0 saturated carbocycles. The average Bonchev–Trinajstić information content (AvgIpc) is 3.02. The molecule has 0 unspecified atom stereocenters. The molecule has 29 heavy (non-hydrogen) atoms. The molecule has 1 heterocycles. The first kappa shape index (κ1) is 18.3. The fraction of sp³-hybridized carbons (Fsp3) is 0.0435. The number of nitrogens with one attached hydrogen (secondary N) is 1. The SMILES string of the molecule is O=C(Nc1ccccc1O)C1=C(O)C(=O)N(c2ccccc2)[C@@H]1c1ccccc1. The first-order valence-corrected chi connectivity index (χ1v) is 9.04. The smallest absolute Gasteiger partial charge is 0.294 e. The van der Waals surface area contributed by atoms with E-state index >= 15 is 0 Å². The summed E-state index contributed by atoms with van der Waals surface area (Å²) in [6.45, 7) is 0. The Labute approximate surface area is 167 Å². The standard InChI is InChI=1S/C23H18N2O4/c26-18-14-8-7-13-17(18)24-22(28)19-20(15-9-3-1-4-10-15)25(23(29)21(19)27)16-11-5-2-6-12-16/h1-14,20,26-27H,(H,24,28)/t20-/m1/s1. The number of aromatic hydroxyl groups is 1. The molecule has 0 radical (unpaired) electrons. The number of aliphatic hydroxyl groups is 1. The van der Waals surface area contributed by atoms with Gasteiger partial charge in [-0.1, -0.05) is 60.7 Å². The van der Waals surface area contributed by atoms with Crippen molar-refractivity contribution in [1.29, 1.82) is 0 Å². The first-order chi connectivity index (χ1) is 14.1. The Morgan fingerprint density at radius 3 is 2.07 bits per heavy atom. The number of aliphatic hydroxyl groups excluding tert-OH is 1. The molecule has 0 aromatic heterocycles. The van der Waals surface area contributed by atoms with E-state index in [1.807, 2.05) is 12.1 Å². The van der Waals surface area contributed by atoms with Gasteiger partial charge in [0.2, 0.25) is 0 Å². The molecule has 3 aromatic carbocycles. The molecule has 3 N–H and O–H groups in total. The lowest BCUT2D eigenvalue weighted by Gasteiger charge is -2.27. The van der Waals surface area contributed by atoms with Crippen LogP contribution in [0.4, 0.5) is 11.4 Å². The highest BCUT2D eigenvalue weighted by atomic mass is 16.3. The second kappa shape index (κ2) is 7.52. The largest absolute Gasteiger partial charge is 0.506 e. The number of hydrogen-bond donors (Lipinski definition) is 3. The third-order valence-corrected chi connectivity index (χ3v) is 4.75. The number of nitrogens with zero attached hydrogens (tertiary/aromatic N) is 1. The molecule has 6 nitrogen and oxygen atoms in total. The summed E-state index contributed by atoms with van der Waals surface area (Å²) in [7, 11) is 0. The summed E-state index contributed by atoms with van der Waals surface area (Å²) < 4.78 is 0. The molecule has 144 valence electrons. The Kier molecular flexibility index (Phi) is 4.75. The molecule has 1 aliphatic heterocycles. The summed E-state index contributed by atoms with van der Waals surface area (Å²) in [4.78, 5) is 27.4. The molecule has 0 fully saturated rings. The Balaban J connectivity index is 1.79. The van der Waals surface area contributed by atoms with Gasteiger partial charge in [0, 0.05) is 5.69 Å². The van der Waals surface area contributed by atoms with Gasteiger partial charge >= 0.3 is 0 Å². The minimum Gasteiger partial charge on any atom is -0.506 e. The zero-order valence-corrected chi connectivity index (χ0v) is 15.3. The number of anilines is 2. The van der Waals surface area contributed by atoms with E-state index in [4.69, 9.17) is 0 Å². The van der Waals surface area contributed by atoms with E-state index in [9.17, 15) is 19.8 Å². The van der Waals surface area contributed by atoms with E-state index in [2.05, 4.69) is 5.32 Å². The molecule has 0 saturated heterocycles. The van der Waals surface area contributed by atoms with Crippen molar-refractivity contribution in [2.75, 3.05) is 10.2 Å². The van der Waals surface area contributed by atoms with Crippen molar-refractivity contribution >= 4 is 23.2 Å². The van der Waals surface area contributed by atoms with Crippen molar-refractivity contribution in [3.05, 3.63) is 102 Å². The van der Waals surface area contributed by atoms with Crippen molar-refractivity contribution in [2.45, 2.75) is 6.04 Å². The van der Waals surface area contributed by atoms with Crippen LogP contribution in [0.15, 0.2) is 96.3 Å². The second-order valence-corrected chi connectivity index (χ2v) is 6.56. The van der Waals surface area contributed by atoms with Gasteiger partial charge in [-0.05, 0) is 29.8 Å². The number of benzene rings is 3. The number of phenols is 1. The summed E-state index contributed by atoms with van der Waals surface area (Å²) in [5.74, 6) is -2.05. The zero-order valence-electron chi connectivity index (χ0n) is 15.3. The van der Waals surface area contributed by atoms with Gasteiger partial charge in [0.25, 0.3) is 11.8 Å². The van der Waals surface area contributed by atoms with Gasteiger partial charge < -0.3 is 15.5 Å². The fourth-order valence-corrected chi connectivity index (χ4v) is 3.41. The van der Waals surface area contributed by atoms with Crippen LogP contribution < -0.4 is 10.2 Å². The predicted octanol–water partition coefficient (Wildman–Crippen LogP) is 3.93. The van der Waals surface area contributed by atoms with Gasteiger partial charge in [0.05, 0.1) is 17.3 Å². The number of rotatable bonds is 4. The lowest BCUT2D eigenvalue weighted by molar-refractivity contribution is -0.117. The minimum absolute atomic E-state index is 0.0756. The van der Waals surface area contributed by atoms with E-state index < -0.39 is 23.6 Å². The van der Waals surface area contributed by atoms with Crippen molar-refractivity contribution in [1.82, 2.24) is 0 Å². The van der Waals surface area contributed by atoms with Crippen LogP contribution >= 0.6 is 0 Å². The van der Waals surface area contributed by atoms with Crippen molar-refractivity contribution in [3.63, 3.8) is 0 Å². The Morgan fingerprint density at radius 2 is 1.41 bits per heavy atom. The highest BCUT2D eigenvalue weighted by molar-refractivity contribution is 6.18. The Bertz CT molecular complexity index is 1090. The molecule has 0 spiro atoms. The second-order valence-electron chi connectivity index (χ2n) is 6.56. The molecular formula is C23H18N2O4. The summed E-state index contributed by atoms with van der Waals surface area (Å²) in [6.07, 6.45) is 0. The van der Waals surface area contributed by atoms with Crippen molar-refractivity contribution in [2.24, 2.45) is 0 Å². The van der Waals surface area contributed by atoms with Crippen LogP contribution in [0, 0.1) is 0 Å².